The summed E-state index contributed by atoms with van der Waals surface area (Å²) in [6.07, 6.45) is 18.9. The average molecular weight is 747 g/mol. The second-order valence-electron chi connectivity index (χ2n) is 19.2. The molecule has 51 heavy (non-hydrogen) atoms. The number of carbonyl (C=O) groups is 1. The minimum atomic E-state index is -0.729. The zero-order valence-electron chi connectivity index (χ0n) is 32.5. The Hall–Kier alpha value is 0.556. The summed E-state index contributed by atoms with van der Waals surface area (Å²) in [6, 6.07) is 0. The molecule has 0 radical (unpaired) electrons. The van der Waals surface area contributed by atoms with Gasteiger partial charge in [-0.1, -0.05) is 65.0 Å². The molecule has 4 saturated carbocycles. The Kier molecular flexibility index (Phi) is 13.1. The average Bonchev–Trinajstić information content (AvgIpc) is 3.49. The van der Waals surface area contributed by atoms with Gasteiger partial charge in [0.25, 0.3) is 0 Å². The summed E-state index contributed by atoms with van der Waals surface area (Å²) >= 11 is 2.11. The standard InChI is InChI=1S/C44H70N2O3S.K.H/c1-29(2)32-15-18-44(45-21-22-46-23-25-50-26-24-46)20-19-43(7)35(39(32)44)14-13-34-38-30(3)27-36(41(4,5)33(38)16-17-42(34,43)6)37(47)28-49-40(48)31-11-9-8-10-12-31;;/h8-9,27,30-35,37-39,45,47H,1,10-26,28H2,2-7H3;;/t30-,31?,32-,33+,34+,35+,37?,38-,39+,42+,43+,44-;;/m0../s1. The van der Waals surface area contributed by atoms with Crippen LogP contribution >= 0.6 is 11.8 Å². The van der Waals surface area contributed by atoms with Gasteiger partial charge < -0.3 is 20.1 Å². The maximum atomic E-state index is 12.8. The van der Waals surface area contributed by atoms with Crippen molar-refractivity contribution in [2.75, 3.05) is 44.3 Å². The molecule has 12 atom stereocenters. The van der Waals surface area contributed by atoms with Crippen molar-refractivity contribution in [1.82, 2.24) is 10.2 Å². The molecule has 1 aliphatic heterocycles. The van der Waals surface area contributed by atoms with Crippen LogP contribution in [0.5, 0.6) is 0 Å². The number of nitrogens with one attached hydrogen (secondary N) is 1. The van der Waals surface area contributed by atoms with Crippen LogP contribution in [0.4, 0.5) is 0 Å². The molecule has 0 aromatic heterocycles. The molecule has 1 heterocycles. The van der Waals surface area contributed by atoms with Crippen LogP contribution in [0.2, 0.25) is 0 Å². The SMILES string of the molecule is C=C(C)[C@@H]1CC[C@]2(NCCN3CCSCC3)CC[C@]3(C)[C@H](CC[C@@H]4[C@@H]5[C@@H](CC[C@]43C)C(C)(C)C(C(O)COC(=O)C3CC=CCC3)=C[C@@H]5C)[C@@H]12.[KH]. The molecule has 5 nitrogen and oxygen atoms in total. The number of ether oxygens (including phenoxy) is 1. The van der Waals surface area contributed by atoms with Crippen LogP contribution < -0.4 is 5.32 Å². The molecule has 1 saturated heterocycles. The van der Waals surface area contributed by atoms with E-state index in [1.54, 1.807) is 0 Å². The molecule has 2 unspecified atom stereocenters. The molecule has 5 fully saturated rings. The van der Waals surface area contributed by atoms with Crippen LogP contribution in [0, 0.1) is 63.6 Å². The Morgan fingerprint density at radius 2 is 1.73 bits per heavy atom. The fourth-order valence-corrected chi connectivity index (χ4v) is 14.9. The third kappa shape index (κ3) is 7.33. The van der Waals surface area contributed by atoms with E-state index in [0.717, 1.165) is 37.3 Å². The summed E-state index contributed by atoms with van der Waals surface area (Å²) in [5, 5.41) is 15.9. The first-order valence-electron chi connectivity index (χ1n) is 20.7. The summed E-state index contributed by atoms with van der Waals surface area (Å²) < 4.78 is 5.78. The van der Waals surface area contributed by atoms with E-state index in [1.807, 2.05) is 0 Å². The number of thioether (sulfide) groups is 1. The second kappa shape index (κ2) is 16.2. The van der Waals surface area contributed by atoms with Gasteiger partial charge in [-0.05, 0) is 141 Å². The number of hydrogen-bond donors (Lipinski definition) is 2. The molecule has 0 spiro atoms. The number of allylic oxidation sites excluding steroid dienone is 4. The van der Waals surface area contributed by atoms with Crippen LogP contribution in [-0.2, 0) is 9.53 Å². The Morgan fingerprint density at radius 3 is 2.43 bits per heavy atom. The fourth-order valence-electron chi connectivity index (χ4n) is 13.9. The Morgan fingerprint density at radius 1 is 1.00 bits per heavy atom. The van der Waals surface area contributed by atoms with E-state index in [4.69, 9.17) is 4.74 Å². The van der Waals surface area contributed by atoms with Gasteiger partial charge in [0.05, 0.1) is 5.92 Å². The van der Waals surface area contributed by atoms with Gasteiger partial charge in [-0.2, -0.15) is 11.8 Å². The predicted octanol–water partition coefficient (Wildman–Crippen LogP) is 8.04. The number of aliphatic hydroxyl groups excluding tert-OH is 1. The van der Waals surface area contributed by atoms with E-state index in [0.29, 0.717) is 46.3 Å². The van der Waals surface area contributed by atoms with Crippen molar-refractivity contribution in [2.24, 2.45) is 63.6 Å². The molecule has 0 bridgehead atoms. The summed E-state index contributed by atoms with van der Waals surface area (Å²) in [5.74, 6) is 6.72. The van der Waals surface area contributed by atoms with E-state index in [2.05, 4.69) is 88.3 Å². The van der Waals surface area contributed by atoms with Crippen molar-refractivity contribution >= 4 is 69.1 Å². The summed E-state index contributed by atoms with van der Waals surface area (Å²) in [6.45, 7) is 24.5. The number of fused-ring (bicyclic) bond motifs is 7. The molecule has 0 aromatic rings. The van der Waals surface area contributed by atoms with Gasteiger partial charge in [0.15, 0.2) is 0 Å². The summed E-state index contributed by atoms with van der Waals surface area (Å²) in [7, 11) is 0. The zero-order chi connectivity index (χ0) is 35.5. The first kappa shape index (κ1) is 41.2. The monoisotopic (exact) mass is 746 g/mol. The molecular weight excluding hydrogens is 676 g/mol. The molecular formula is C44H71KN2O3S. The fraction of sp³-hybridized carbons (Fsp3) is 0.841. The van der Waals surface area contributed by atoms with Crippen molar-refractivity contribution in [2.45, 2.75) is 124 Å². The number of hydrogen-bond acceptors (Lipinski definition) is 6. The molecule has 6 aliphatic carbocycles. The molecule has 2 N–H and O–H groups in total. The van der Waals surface area contributed by atoms with Crippen molar-refractivity contribution < 1.29 is 14.6 Å². The topological polar surface area (TPSA) is 61.8 Å². The van der Waals surface area contributed by atoms with Gasteiger partial charge in [-0.25, -0.2) is 0 Å². The predicted molar refractivity (Wildman–Crippen MR) is 215 cm³/mol. The first-order valence-corrected chi connectivity index (χ1v) is 21.9. The van der Waals surface area contributed by atoms with Crippen molar-refractivity contribution in [1.29, 1.82) is 0 Å². The van der Waals surface area contributed by atoms with E-state index in [1.165, 1.54) is 88.1 Å². The summed E-state index contributed by atoms with van der Waals surface area (Å²) in [5.41, 5.74) is 3.32. The van der Waals surface area contributed by atoms with Gasteiger partial charge in [-0.3, -0.25) is 4.79 Å². The zero-order valence-corrected chi connectivity index (χ0v) is 33.3. The maximum absolute atomic E-state index is 12.8. The third-order valence-corrected chi connectivity index (χ3v) is 17.8. The number of esters is 1. The van der Waals surface area contributed by atoms with Gasteiger partial charge in [0, 0.05) is 43.2 Å². The number of carbonyl (C=O) groups excluding carboxylic acids is 1. The van der Waals surface area contributed by atoms with Gasteiger partial charge in [0.2, 0.25) is 0 Å². The number of nitrogens with zero attached hydrogens (tertiary/aromatic N) is 1. The minimum absolute atomic E-state index is 0. The molecule has 7 aliphatic rings. The molecule has 282 valence electrons. The molecule has 0 aromatic carbocycles. The van der Waals surface area contributed by atoms with Crippen molar-refractivity contribution in [3.8, 4) is 0 Å². The molecule has 0 amide bonds. The van der Waals surface area contributed by atoms with Crippen molar-refractivity contribution in [3.63, 3.8) is 0 Å². The number of rotatable bonds is 9. The quantitative estimate of drug-likeness (QED) is 0.142. The van der Waals surface area contributed by atoms with Crippen LogP contribution in [0.3, 0.4) is 0 Å². The van der Waals surface area contributed by atoms with Gasteiger partial charge >= 0.3 is 57.4 Å². The van der Waals surface area contributed by atoms with E-state index < -0.39 is 6.10 Å². The Bertz CT molecular complexity index is 1340. The van der Waals surface area contributed by atoms with Gasteiger partial charge in [0.1, 0.15) is 12.7 Å². The third-order valence-electron chi connectivity index (χ3n) is 16.8. The van der Waals surface area contributed by atoms with Crippen LogP contribution in [0.15, 0.2) is 36.0 Å². The number of aliphatic hydroxyl groups is 1. The van der Waals surface area contributed by atoms with Crippen LogP contribution in [0.25, 0.3) is 0 Å². The van der Waals surface area contributed by atoms with Crippen LogP contribution in [-0.4, -0.2) is 123 Å². The molecule has 7 rings (SSSR count). The van der Waals surface area contributed by atoms with E-state index in [9.17, 15) is 9.90 Å². The van der Waals surface area contributed by atoms with Gasteiger partial charge in [-0.15, -0.1) is 0 Å². The Labute approximate surface area is 358 Å². The van der Waals surface area contributed by atoms with E-state index in [-0.39, 0.29) is 80.8 Å². The molecule has 7 heteroatoms. The van der Waals surface area contributed by atoms with E-state index >= 15 is 0 Å². The first-order chi connectivity index (χ1) is 23.8. The Balaban J connectivity index is 0.00000448. The normalized spacial score (nSPS) is 43.7. The van der Waals surface area contributed by atoms with Crippen LogP contribution in [0.1, 0.15) is 112 Å². The van der Waals surface area contributed by atoms with Crippen molar-refractivity contribution in [3.05, 3.63) is 36.0 Å². The second-order valence-corrected chi connectivity index (χ2v) is 20.5. The summed E-state index contributed by atoms with van der Waals surface area (Å²) in [4.78, 5) is 15.5.